The van der Waals surface area contributed by atoms with Gasteiger partial charge in [-0.1, -0.05) is 66.2 Å². The Kier molecular flexibility index (Phi) is 7.28. The lowest BCUT2D eigenvalue weighted by Gasteiger charge is -2.25. The predicted molar refractivity (Wildman–Crippen MR) is 151 cm³/mol. The van der Waals surface area contributed by atoms with E-state index >= 15 is 4.39 Å². The highest BCUT2D eigenvalue weighted by Gasteiger charge is 2.38. The Bertz CT molecular complexity index is 1890. The zero-order valence-corrected chi connectivity index (χ0v) is 22.8. The number of anilines is 2. The number of fused-ring (bicyclic) bond motifs is 1. The number of benzene rings is 4. The summed E-state index contributed by atoms with van der Waals surface area (Å²) in [4.78, 5) is 16.6. The Morgan fingerprint density at radius 1 is 0.750 bits per heavy atom. The highest BCUT2D eigenvalue weighted by Crippen LogP contribution is 2.34. The van der Waals surface area contributed by atoms with Gasteiger partial charge in [-0.2, -0.15) is 3.71 Å². The fourth-order valence-electron chi connectivity index (χ4n) is 3.94. The van der Waals surface area contributed by atoms with Gasteiger partial charge in [0.15, 0.2) is 0 Å². The van der Waals surface area contributed by atoms with Crippen molar-refractivity contribution in [3.8, 4) is 0 Å². The lowest BCUT2D eigenvalue weighted by molar-refractivity contribution is 0.102. The Balaban J connectivity index is 1.61. The molecule has 1 heterocycles. The van der Waals surface area contributed by atoms with Crippen LogP contribution in [-0.2, 0) is 20.0 Å². The number of aromatic nitrogens is 1. The Labute approximate surface area is 234 Å². The average Bonchev–Trinajstić information content (AvgIpc) is 2.95. The van der Waals surface area contributed by atoms with E-state index in [0.29, 0.717) is 10.9 Å². The fraction of sp³-hybridized carbons (Fsp3) is 0. The van der Waals surface area contributed by atoms with Crippen molar-refractivity contribution in [3.05, 3.63) is 126 Å². The van der Waals surface area contributed by atoms with Gasteiger partial charge >= 0.3 is 0 Å². The molecule has 0 unspecified atom stereocenters. The summed E-state index contributed by atoms with van der Waals surface area (Å²) in [5.74, 6) is -1.87. The predicted octanol–water partition coefficient (Wildman–Crippen LogP) is 5.86. The van der Waals surface area contributed by atoms with Crippen molar-refractivity contribution in [1.82, 2.24) is 4.98 Å². The second-order valence-electron chi connectivity index (χ2n) is 8.47. The summed E-state index contributed by atoms with van der Waals surface area (Å²) in [5, 5.41) is 3.08. The van der Waals surface area contributed by atoms with Gasteiger partial charge in [0, 0.05) is 11.1 Å². The zero-order valence-electron chi connectivity index (χ0n) is 20.4. The second kappa shape index (κ2) is 10.7. The number of hydrogen-bond acceptors (Lipinski definition) is 6. The number of carbonyl (C=O) groups is 1. The average molecular weight is 596 g/mol. The Hall–Kier alpha value is -4.32. The molecule has 0 bridgehead atoms. The second-order valence-corrected chi connectivity index (χ2v) is 12.6. The number of sulfonamides is 2. The van der Waals surface area contributed by atoms with Crippen LogP contribution < -0.4 is 9.03 Å². The summed E-state index contributed by atoms with van der Waals surface area (Å²) in [5.41, 5.74) is -0.312. The molecule has 202 valence electrons. The molecule has 0 aliphatic carbocycles. The third-order valence-corrected chi connectivity index (χ3v) is 10.3. The van der Waals surface area contributed by atoms with E-state index in [1.807, 2.05) is 0 Å². The molecule has 1 amide bonds. The number of carbonyl (C=O) groups excluding carboxylic acids is 1. The smallest absolute Gasteiger partial charge is 0.277 e. The van der Waals surface area contributed by atoms with Crippen molar-refractivity contribution in [2.75, 3.05) is 9.03 Å². The molecule has 8 nitrogen and oxygen atoms in total. The first kappa shape index (κ1) is 27.3. The molecule has 40 heavy (non-hydrogen) atoms. The standard InChI is InChI=1S/C28H19ClFN3O5S2/c29-27-23(17-19-9-7-8-14-25(19)32-27)28(34)31-20-15-16-24(30)26(18-20)33(39(35,36)21-10-3-1-4-11-21)40(37,38)22-12-5-2-6-13-22/h1-18H,(H,31,34). The summed E-state index contributed by atoms with van der Waals surface area (Å²) in [6, 6.07) is 25.0. The molecule has 12 heteroatoms. The first-order chi connectivity index (χ1) is 19.1. The lowest BCUT2D eigenvalue weighted by atomic mass is 10.1. The maximum absolute atomic E-state index is 15.3. The number of para-hydroxylation sites is 1. The third-order valence-electron chi connectivity index (χ3n) is 5.84. The SMILES string of the molecule is O=C(Nc1ccc(F)c(N(S(=O)(=O)c2ccccc2)S(=O)(=O)c2ccccc2)c1)c1cc2ccccc2nc1Cl. The van der Waals surface area contributed by atoms with E-state index in [1.165, 1.54) is 60.7 Å². The van der Waals surface area contributed by atoms with Crippen molar-refractivity contribution in [1.29, 1.82) is 0 Å². The summed E-state index contributed by atoms with van der Waals surface area (Å²) in [6.07, 6.45) is 0. The minimum absolute atomic E-state index is 0.0110. The molecule has 5 aromatic rings. The van der Waals surface area contributed by atoms with Gasteiger partial charge in [-0.15, -0.1) is 0 Å². The van der Waals surface area contributed by atoms with Crippen LogP contribution in [0.4, 0.5) is 15.8 Å². The van der Waals surface area contributed by atoms with Gasteiger partial charge in [-0.3, -0.25) is 4.79 Å². The molecular weight excluding hydrogens is 577 g/mol. The Morgan fingerprint density at radius 2 is 1.30 bits per heavy atom. The van der Waals surface area contributed by atoms with Crippen LogP contribution in [0.1, 0.15) is 10.4 Å². The number of nitrogens with zero attached hydrogens (tertiary/aromatic N) is 2. The van der Waals surface area contributed by atoms with E-state index in [9.17, 15) is 21.6 Å². The van der Waals surface area contributed by atoms with E-state index in [2.05, 4.69) is 10.3 Å². The molecule has 1 aromatic heterocycles. The largest absolute Gasteiger partial charge is 0.322 e. The topological polar surface area (TPSA) is 114 Å². The first-order valence-corrected chi connectivity index (χ1v) is 14.9. The molecule has 0 aliphatic rings. The minimum Gasteiger partial charge on any atom is -0.322 e. The van der Waals surface area contributed by atoms with Crippen LogP contribution in [-0.4, -0.2) is 27.7 Å². The molecule has 0 aliphatic heterocycles. The van der Waals surface area contributed by atoms with Crippen molar-refractivity contribution in [3.63, 3.8) is 0 Å². The molecule has 0 spiro atoms. The third kappa shape index (κ3) is 5.14. The van der Waals surface area contributed by atoms with E-state index in [4.69, 9.17) is 11.6 Å². The van der Waals surface area contributed by atoms with Crippen LogP contribution in [0, 0.1) is 5.82 Å². The van der Waals surface area contributed by atoms with Gasteiger partial charge < -0.3 is 5.32 Å². The number of pyridine rings is 1. The minimum atomic E-state index is -4.85. The number of nitrogens with one attached hydrogen (secondary N) is 1. The number of hydrogen-bond donors (Lipinski definition) is 1. The first-order valence-electron chi connectivity index (χ1n) is 11.7. The lowest BCUT2D eigenvalue weighted by Crippen LogP contribution is -2.37. The number of halogens is 2. The van der Waals surface area contributed by atoms with Crippen molar-refractivity contribution >= 4 is 59.8 Å². The van der Waals surface area contributed by atoms with Crippen molar-refractivity contribution in [2.45, 2.75) is 9.79 Å². The molecule has 0 radical (unpaired) electrons. The molecule has 1 N–H and O–H groups in total. The van der Waals surface area contributed by atoms with Crippen LogP contribution in [0.5, 0.6) is 0 Å². The van der Waals surface area contributed by atoms with E-state index in [0.717, 1.165) is 12.1 Å². The quantitative estimate of drug-likeness (QED) is 0.236. The van der Waals surface area contributed by atoms with Crippen molar-refractivity contribution < 1.29 is 26.0 Å². The molecule has 5 rings (SSSR count). The van der Waals surface area contributed by atoms with Crippen LogP contribution in [0.25, 0.3) is 10.9 Å². The molecule has 0 atom stereocenters. The van der Waals surface area contributed by atoms with Gasteiger partial charge in [-0.25, -0.2) is 26.2 Å². The highest BCUT2D eigenvalue weighted by molar-refractivity contribution is 8.10. The summed E-state index contributed by atoms with van der Waals surface area (Å²) < 4.78 is 70.1. The van der Waals surface area contributed by atoms with Crippen LogP contribution >= 0.6 is 11.6 Å². The van der Waals surface area contributed by atoms with Gasteiger partial charge in [-0.05, 0) is 54.6 Å². The molecule has 4 aromatic carbocycles. The monoisotopic (exact) mass is 595 g/mol. The fourth-order valence-corrected chi connectivity index (χ4v) is 7.91. The summed E-state index contributed by atoms with van der Waals surface area (Å²) in [6.45, 7) is 0. The van der Waals surface area contributed by atoms with Crippen LogP contribution in [0.2, 0.25) is 5.15 Å². The number of amides is 1. The zero-order chi connectivity index (χ0) is 28.5. The van der Waals surface area contributed by atoms with Gasteiger partial charge in [0.05, 0.1) is 20.9 Å². The van der Waals surface area contributed by atoms with Gasteiger partial charge in [0.2, 0.25) is 0 Å². The molecule has 0 saturated heterocycles. The summed E-state index contributed by atoms with van der Waals surface area (Å²) >= 11 is 6.23. The van der Waals surface area contributed by atoms with Crippen LogP contribution in [0.3, 0.4) is 0 Å². The van der Waals surface area contributed by atoms with Crippen LogP contribution in [0.15, 0.2) is 119 Å². The maximum Gasteiger partial charge on any atom is 0.277 e. The maximum atomic E-state index is 15.3. The van der Waals surface area contributed by atoms with E-state index in [1.54, 1.807) is 36.4 Å². The normalized spacial score (nSPS) is 11.8. The highest BCUT2D eigenvalue weighted by atomic mass is 35.5. The molecule has 0 saturated carbocycles. The van der Waals surface area contributed by atoms with E-state index < -0.39 is 37.5 Å². The van der Waals surface area contributed by atoms with Gasteiger partial charge in [0.25, 0.3) is 26.0 Å². The molecular formula is C28H19ClFN3O5S2. The van der Waals surface area contributed by atoms with E-state index in [-0.39, 0.29) is 29.9 Å². The number of rotatable bonds is 7. The van der Waals surface area contributed by atoms with Gasteiger partial charge in [0.1, 0.15) is 16.7 Å². The summed E-state index contributed by atoms with van der Waals surface area (Å²) in [7, 11) is -9.70. The van der Waals surface area contributed by atoms with Crippen molar-refractivity contribution in [2.24, 2.45) is 0 Å². The Morgan fingerprint density at radius 3 is 1.90 bits per heavy atom. The molecule has 0 fully saturated rings.